The van der Waals surface area contributed by atoms with E-state index in [1.807, 2.05) is 26.0 Å². The average molecular weight is 524 g/mol. The lowest BCUT2D eigenvalue weighted by molar-refractivity contribution is -0.133. The second kappa shape index (κ2) is 11.4. The van der Waals surface area contributed by atoms with Gasteiger partial charge in [-0.25, -0.2) is 13.1 Å². The topological polar surface area (TPSA) is 116 Å². The lowest BCUT2D eigenvalue weighted by Gasteiger charge is -2.38. The van der Waals surface area contributed by atoms with Crippen LogP contribution in [0.25, 0.3) is 10.8 Å². The molecule has 0 bridgehead atoms. The molecule has 8 nitrogen and oxygen atoms in total. The van der Waals surface area contributed by atoms with Crippen LogP contribution in [0.1, 0.15) is 42.1 Å². The number of piperidine rings is 1. The van der Waals surface area contributed by atoms with Gasteiger partial charge in [-0.2, -0.15) is 0 Å². The van der Waals surface area contributed by atoms with E-state index in [0.717, 1.165) is 12.0 Å². The summed E-state index contributed by atoms with van der Waals surface area (Å²) in [5.41, 5.74) is 1.90. The molecule has 196 valence electrons. The van der Waals surface area contributed by atoms with Gasteiger partial charge in [-0.15, -0.1) is 0 Å². The number of aliphatic hydroxyl groups is 1. The van der Waals surface area contributed by atoms with Gasteiger partial charge in [0.2, 0.25) is 15.9 Å². The molecule has 0 aromatic heterocycles. The fraction of sp³-hybridized carbons (Fsp3) is 0.357. The predicted molar refractivity (Wildman–Crippen MR) is 144 cm³/mol. The molecular weight excluding hydrogens is 490 g/mol. The first-order chi connectivity index (χ1) is 17.7. The quantitative estimate of drug-likeness (QED) is 0.417. The number of anilines is 1. The highest BCUT2D eigenvalue weighted by Crippen LogP contribution is 2.31. The van der Waals surface area contributed by atoms with Gasteiger partial charge in [0.1, 0.15) is 0 Å². The van der Waals surface area contributed by atoms with Crippen LogP contribution in [0.3, 0.4) is 0 Å². The Hall–Kier alpha value is -3.27. The first kappa shape index (κ1) is 26.8. The maximum atomic E-state index is 13.5. The number of benzene rings is 3. The van der Waals surface area contributed by atoms with Crippen LogP contribution in [0.15, 0.2) is 65.6 Å². The largest absolute Gasteiger partial charge is 0.396 e. The molecule has 37 heavy (non-hydrogen) atoms. The molecule has 1 heterocycles. The monoisotopic (exact) mass is 523 g/mol. The summed E-state index contributed by atoms with van der Waals surface area (Å²) in [5, 5.41) is 14.0. The van der Waals surface area contributed by atoms with E-state index in [0.29, 0.717) is 48.0 Å². The van der Waals surface area contributed by atoms with Crippen molar-refractivity contribution >= 4 is 38.3 Å². The molecule has 1 saturated heterocycles. The molecule has 1 aliphatic rings. The van der Waals surface area contributed by atoms with Crippen molar-refractivity contribution < 1.29 is 23.1 Å². The van der Waals surface area contributed by atoms with Crippen LogP contribution in [-0.4, -0.2) is 56.0 Å². The van der Waals surface area contributed by atoms with Gasteiger partial charge in [0, 0.05) is 60.1 Å². The Kier molecular flexibility index (Phi) is 8.26. The Morgan fingerprint density at radius 1 is 1.03 bits per heavy atom. The minimum absolute atomic E-state index is 0.0246. The normalized spacial score (nSPS) is 18.1. The third kappa shape index (κ3) is 5.84. The molecule has 0 spiro atoms. The number of hydrogen-bond acceptors (Lipinski definition) is 5. The number of carbonyl (C=O) groups excluding carboxylic acids is 2. The van der Waals surface area contributed by atoms with E-state index >= 15 is 0 Å². The summed E-state index contributed by atoms with van der Waals surface area (Å²) < 4.78 is 29.8. The minimum Gasteiger partial charge on any atom is -0.396 e. The standard InChI is InChI=1S/C28H33N3O5S/c1-3-8-27(33)31-16-15-24(20(17-31)18-32)30-37(35,36)26-14-13-25(22-11-6-7-12-23(22)26)29-28(34)21-10-5-4-9-19(21)2/h4-7,9-14,20,24,30,32H,3,8,15-18H2,1-2H3,(H,29,34)/t20-,24+/m1/s1. The molecule has 2 atom stereocenters. The van der Waals surface area contributed by atoms with E-state index in [2.05, 4.69) is 10.0 Å². The van der Waals surface area contributed by atoms with Gasteiger partial charge in [0.15, 0.2) is 0 Å². The number of rotatable bonds is 8. The zero-order valence-electron chi connectivity index (χ0n) is 21.1. The first-order valence-corrected chi connectivity index (χ1v) is 14.0. The number of likely N-dealkylation sites (tertiary alicyclic amines) is 1. The number of fused-ring (bicyclic) bond motifs is 1. The Bertz CT molecular complexity index is 1410. The van der Waals surface area contributed by atoms with E-state index in [-0.39, 0.29) is 23.3 Å². The molecule has 0 aliphatic carbocycles. The number of nitrogens with zero attached hydrogens (tertiary/aromatic N) is 1. The van der Waals surface area contributed by atoms with Crippen LogP contribution in [0.4, 0.5) is 5.69 Å². The Balaban J connectivity index is 1.59. The highest BCUT2D eigenvalue weighted by molar-refractivity contribution is 7.89. The van der Waals surface area contributed by atoms with E-state index in [1.165, 1.54) is 6.07 Å². The molecule has 0 saturated carbocycles. The van der Waals surface area contributed by atoms with E-state index in [4.69, 9.17) is 0 Å². The zero-order valence-corrected chi connectivity index (χ0v) is 21.9. The molecule has 0 radical (unpaired) electrons. The summed E-state index contributed by atoms with van der Waals surface area (Å²) in [4.78, 5) is 27.0. The number of nitrogens with one attached hydrogen (secondary N) is 2. The van der Waals surface area contributed by atoms with Gasteiger partial charge in [-0.3, -0.25) is 9.59 Å². The Morgan fingerprint density at radius 3 is 2.43 bits per heavy atom. The second-order valence-electron chi connectivity index (χ2n) is 9.47. The lowest BCUT2D eigenvalue weighted by Crippen LogP contribution is -2.53. The van der Waals surface area contributed by atoms with Crippen molar-refractivity contribution in [3.8, 4) is 0 Å². The fourth-order valence-corrected chi connectivity index (χ4v) is 6.42. The van der Waals surface area contributed by atoms with Gasteiger partial charge < -0.3 is 15.3 Å². The van der Waals surface area contributed by atoms with Crippen molar-refractivity contribution in [3.05, 3.63) is 71.8 Å². The molecule has 1 aliphatic heterocycles. The van der Waals surface area contributed by atoms with E-state index < -0.39 is 22.0 Å². The van der Waals surface area contributed by atoms with Crippen molar-refractivity contribution in [1.82, 2.24) is 9.62 Å². The lowest BCUT2D eigenvalue weighted by atomic mass is 9.93. The average Bonchev–Trinajstić information content (AvgIpc) is 2.89. The number of carbonyl (C=O) groups is 2. The Labute approximate surface area is 217 Å². The molecule has 9 heteroatoms. The summed E-state index contributed by atoms with van der Waals surface area (Å²) in [6, 6.07) is 16.9. The predicted octanol–water partition coefficient (Wildman–Crippen LogP) is 3.69. The molecule has 3 aromatic rings. The van der Waals surface area contributed by atoms with Crippen LogP contribution in [0, 0.1) is 12.8 Å². The highest BCUT2D eigenvalue weighted by atomic mass is 32.2. The third-order valence-electron chi connectivity index (χ3n) is 6.90. The number of aliphatic hydroxyl groups excluding tert-OH is 1. The molecule has 3 N–H and O–H groups in total. The van der Waals surface area contributed by atoms with Gasteiger partial charge in [0.25, 0.3) is 5.91 Å². The number of hydrogen-bond donors (Lipinski definition) is 3. The van der Waals surface area contributed by atoms with Gasteiger partial charge in [-0.1, -0.05) is 49.4 Å². The third-order valence-corrected chi connectivity index (χ3v) is 8.45. The van der Waals surface area contributed by atoms with E-state index in [9.17, 15) is 23.1 Å². The summed E-state index contributed by atoms with van der Waals surface area (Å²) >= 11 is 0. The van der Waals surface area contributed by atoms with Gasteiger partial charge >= 0.3 is 0 Å². The minimum atomic E-state index is -3.96. The second-order valence-corrected chi connectivity index (χ2v) is 11.2. The highest BCUT2D eigenvalue weighted by Gasteiger charge is 2.34. The number of sulfonamides is 1. The van der Waals surface area contributed by atoms with Crippen molar-refractivity contribution in [2.24, 2.45) is 5.92 Å². The smallest absolute Gasteiger partial charge is 0.255 e. The first-order valence-electron chi connectivity index (χ1n) is 12.5. The molecular formula is C28H33N3O5S. The molecule has 4 rings (SSSR count). The molecule has 3 aromatic carbocycles. The van der Waals surface area contributed by atoms with Gasteiger partial charge in [-0.05, 0) is 43.5 Å². The fourth-order valence-electron chi connectivity index (χ4n) is 4.87. The molecule has 0 unspecified atom stereocenters. The zero-order chi connectivity index (χ0) is 26.6. The van der Waals surface area contributed by atoms with Gasteiger partial charge in [0.05, 0.1) is 4.90 Å². The number of amides is 2. The summed E-state index contributed by atoms with van der Waals surface area (Å²) in [7, 11) is -3.96. The van der Waals surface area contributed by atoms with Crippen LogP contribution in [0.2, 0.25) is 0 Å². The summed E-state index contributed by atoms with van der Waals surface area (Å²) in [6.45, 7) is 4.32. The van der Waals surface area contributed by atoms with E-state index in [1.54, 1.807) is 47.4 Å². The van der Waals surface area contributed by atoms with Crippen LogP contribution < -0.4 is 10.0 Å². The maximum Gasteiger partial charge on any atom is 0.255 e. The van der Waals surface area contributed by atoms with Crippen LogP contribution in [-0.2, 0) is 14.8 Å². The van der Waals surface area contributed by atoms with Crippen molar-refractivity contribution in [1.29, 1.82) is 0 Å². The Morgan fingerprint density at radius 2 is 1.73 bits per heavy atom. The molecule has 2 amide bonds. The number of aryl methyl sites for hydroxylation is 1. The van der Waals surface area contributed by atoms with Crippen molar-refractivity contribution in [2.75, 3.05) is 25.0 Å². The summed E-state index contributed by atoms with van der Waals surface area (Å²) in [5.74, 6) is -0.646. The maximum absolute atomic E-state index is 13.5. The SMILES string of the molecule is CCCC(=O)N1CC[C@H](NS(=O)(=O)c2ccc(NC(=O)c3ccccc3C)c3ccccc23)[C@@H](CO)C1. The van der Waals surface area contributed by atoms with Crippen molar-refractivity contribution in [3.63, 3.8) is 0 Å². The summed E-state index contributed by atoms with van der Waals surface area (Å²) in [6.07, 6.45) is 1.60. The van der Waals surface area contributed by atoms with Crippen molar-refractivity contribution in [2.45, 2.75) is 44.0 Å². The van der Waals surface area contributed by atoms with Crippen LogP contribution >= 0.6 is 0 Å². The molecule has 1 fully saturated rings. The van der Waals surface area contributed by atoms with Crippen LogP contribution in [0.5, 0.6) is 0 Å².